The number of nitrogens with zero attached hydrogens (tertiary/aromatic N) is 1. The van der Waals surface area contributed by atoms with Crippen LogP contribution in [0.15, 0.2) is 54.6 Å². The summed E-state index contributed by atoms with van der Waals surface area (Å²) in [7, 11) is 0. The Kier molecular flexibility index (Phi) is 4.28. The number of allylic oxidation sites excluding steroid dienone is 2. The predicted octanol–water partition coefficient (Wildman–Crippen LogP) is 3.26. The van der Waals surface area contributed by atoms with E-state index in [-0.39, 0.29) is 41.0 Å². The molecule has 7 heteroatoms. The fraction of sp³-hybridized carbons (Fsp3) is 0.250. The molecule has 5 rings (SSSR count). The molecule has 0 spiro atoms. The second-order valence-electron chi connectivity index (χ2n) is 8.35. The van der Waals surface area contributed by atoms with Gasteiger partial charge in [0.05, 0.1) is 23.1 Å². The van der Waals surface area contributed by atoms with Gasteiger partial charge in [-0.05, 0) is 67.1 Å². The number of benzene rings is 2. The van der Waals surface area contributed by atoms with Crippen molar-refractivity contribution in [3.05, 3.63) is 71.3 Å². The molecular weight excluding hydrogens is 396 g/mol. The molecule has 3 amide bonds. The summed E-state index contributed by atoms with van der Waals surface area (Å²) in [5.41, 5.74) is 2.03. The first-order valence-corrected chi connectivity index (χ1v) is 10.2. The number of hydrogen-bond acceptors (Lipinski definition) is 4. The van der Waals surface area contributed by atoms with Crippen molar-refractivity contribution >= 4 is 35.1 Å². The summed E-state index contributed by atoms with van der Waals surface area (Å²) in [5.74, 6) is -2.05. The fourth-order valence-corrected chi connectivity index (χ4v) is 5.00. The molecule has 2 aromatic carbocycles. The smallest absolute Gasteiger partial charge is 0.335 e. The molecule has 2 bridgehead atoms. The van der Waals surface area contributed by atoms with Crippen molar-refractivity contribution in [1.82, 2.24) is 0 Å². The fourth-order valence-electron chi connectivity index (χ4n) is 5.00. The Balaban J connectivity index is 1.35. The van der Waals surface area contributed by atoms with Crippen LogP contribution in [0.1, 0.15) is 32.7 Å². The number of carbonyl (C=O) groups is 4. The van der Waals surface area contributed by atoms with E-state index < -0.39 is 11.9 Å². The summed E-state index contributed by atoms with van der Waals surface area (Å²) in [5, 5.41) is 11.9. The summed E-state index contributed by atoms with van der Waals surface area (Å²) in [6.45, 7) is 1.77. The van der Waals surface area contributed by atoms with E-state index in [1.165, 1.54) is 17.0 Å². The van der Waals surface area contributed by atoms with Crippen LogP contribution in [0.4, 0.5) is 11.4 Å². The maximum Gasteiger partial charge on any atom is 0.335 e. The van der Waals surface area contributed by atoms with Crippen molar-refractivity contribution in [2.75, 3.05) is 10.2 Å². The zero-order valence-corrected chi connectivity index (χ0v) is 16.7. The number of rotatable bonds is 4. The molecule has 1 saturated heterocycles. The van der Waals surface area contributed by atoms with Crippen LogP contribution in [-0.4, -0.2) is 28.8 Å². The Hall–Kier alpha value is -3.74. The first kappa shape index (κ1) is 19.2. The lowest BCUT2D eigenvalue weighted by Gasteiger charge is -2.17. The largest absolute Gasteiger partial charge is 0.478 e. The van der Waals surface area contributed by atoms with Gasteiger partial charge < -0.3 is 10.4 Å². The number of aromatic carboxylic acids is 1. The number of amides is 3. The highest BCUT2D eigenvalue weighted by Gasteiger charge is 2.59. The predicted molar refractivity (Wildman–Crippen MR) is 113 cm³/mol. The molecule has 0 unspecified atom stereocenters. The number of aryl methyl sites for hydroxylation is 1. The molecule has 31 heavy (non-hydrogen) atoms. The van der Waals surface area contributed by atoms with Gasteiger partial charge in [0.15, 0.2) is 0 Å². The topological polar surface area (TPSA) is 104 Å². The average Bonchev–Trinajstić information content (AvgIpc) is 3.43. The van der Waals surface area contributed by atoms with Crippen LogP contribution in [0.3, 0.4) is 0 Å². The zero-order chi connectivity index (χ0) is 21.9. The molecule has 1 heterocycles. The van der Waals surface area contributed by atoms with E-state index in [0.29, 0.717) is 16.9 Å². The molecule has 7 nitrogen and oxygen atoms in total. The Labute approximate surface area is 178 Å². The normalized spacial score (nSPS) is 25.8. The van der Waals surface area contributed by atoms with Crippen molar-refractivity contribution in [1.29, 1.82) is 0 Å². The molecule has 156 valence electrons. The Morgan fingerprint density at radius 1 is 0.935 bits per heavy atom. The van der Waals surface area contributed by atoms with Gasteiger partial charge in [0.2, 0.25) is 11.8 Å². The van der Waals surface area contributed by atoms with Gasteiger partial charge >= 0.3 is 5.97 Å². The lowest BCUT2D eigenvalue weighted by molar-refractivity contribution is -0.123. The van der Waals surface area contributed by atoms with Crippen LogP contribution >= 0.6 is 0 Å². The molecule has 2 N–H and O–H groups in total. The standard InChI is InChI=1S/C24H20N2O5/c1-12-2-3-16(24(30)31)11-18(12)25-21(27)13-6-8-17(9-7-13)26-22(28)19-14-4-5-15(10-14)20(19)23(26)29/h2-9,11,14-15,19-20H,10H2,1H3,(H,25,27)(H,30,31)/t14-,15+,19-,20+. The molecule has 2 fully saturated rings. The van der Waals surface area contributed by atoms with Gasteiger partial charge in [-0.15, -0.1) is 0 Å². The van der Waals surface area contributed by atoms with E-state index in [2.05, 4.69) is 17.5 Å². The quantitative estimate of drug-likeness (QED) is 0.588. The molecule has 2 aliphatic carbocycles. The van der Waals surface area contributed by atoms with Crippen molar-refractivity contribution in [3.8, 4) is 0 Å². The molecule has 3 aliphatic rings. The highest BCUT2D eigenvalue weighted by molar-refractivity contribution is 6.23. The van der Waals surface area contributed by atoms with E-state index in [0.717, 1.165) is 12.0 Å². The van der Waals surface area contributed by atoms with E-state index >= 15 is 0 Å². The molecule has 2 aromatic rings. The second kappa shape index (κ2) is 6.91. The highest BCUT2D eigenvalue weighted by atomic mass is 16.4. The monoisotopic (exact) mass is 416 g/mol. The summed E-state index contributed by atoms with van der Waals surface area (Å²) in [6, 6.07) is 10.8. The van der Waals surface area contributed by atoms with Crippen LogP contribution in [0, 0.1) is 30.6 Å². The van der Waals surface area contributed by atoms with E-state index in [4.69, 9.17) is 5.11 Å². The summed E-state index contributed by atoms with van der Waals surface area (Å²) >= 11 is 0. The molecule has 0 aromatic heterocycles. The number of nitrogens with one attached hydrogen (secondary N) is 1. The van der Waals surface area contributed by atoms with Gasteiger partial charge in [0.25, 0.3) is 5.91 Å². The van der Waals surface area contributed by atoms with Gasteiger partial charge in [0.1, 0.15) is 0 Å². The third-order valence-electron chi connectivity index (χ3n) is 6.59. The second-order valence-corrected chi connectivity index (χ2v) is 8.35. The van der Waals surface area contributed by atoms with E-state index in [1.807, 2.05) is 0 Å². The average molecular weight is 416 g/mol. The summed E-state index contributed by atoms with van der Waals surface area (Å²) in [6.07, 6.45) is 4.98. The van der Waals surface area contributed by atoms with Gasteiger partial charge in [-0.3, -0.25) is 19.3 Å². The van der Waals surface area contributed by atoms with Crippen molar-refractivity contribution in [2.24, 2.45) is 23.7 Å². The molecule has 4 atom stereocenters. The van der Waals surface area contributed by atoms with Crippen LogP contribution in [0.25, 0.3) is 0 Å². The number of carboxylic acids is 1. The third-order valence-corrected chi connectivity index (χ3v) is 6.59. The lowest BCUT2D eigenvalue weighted by Crippen LogP contribution is -2.32. The summed E-state index contributed by atoms with van der Waals surface area (Å²) < 4.78 is 0. The minimum atomic E-state index is -1.08. The minimum Gasteiger partial charge on any atom is -0.478 e. The Bertz CT molecular complexity index is 1140. The van der Waals surface area contributed by atoms with Crippen molar-refractivity contribution in [2.45, 2.75) is 13.3 Å². The number of fused-ring (bicyclic) bond motifs is 5. The Morgan fingerprint density at radius 2 is 1.52 bits per heavy atom. The number of hydrogen-bond donors (Lipinski definition) is 2. The SMILES string of the molecule is Cc1ccc(C(=O)O)cc1NC(=O)c1ccc(N2C(=O)[C@@H]3[C@H](C2=O)[C@@H]2C=C[C@H]3C2)cc1. The number of carbonyl (C=O) groups excluding carboxylic acids is 3. The van der Waals surface area contributed by atoms with Crippen LogP contribution in [0.2, 0.25) is 0 Å². The highest BCUT2D eigenvalue weighted by Crippen LogP contribution is 2.53. The molecule has 1 saturated carbocycles. The van der Waals surface area contributed by atoms with E-state index in [1.54, 1.807) is 37.3 Å². The number of carboxylic acid groups (broad SMARTS) is 1. The van der Waals surface area contributed by atoms with Crippen LogP contribution in [0.5, 0.6) is 0 Å². The zero-order valence-electron chi connectivity index (χ0n) is 16.7. The third kappa shape index (κ3) is 2.96. The summed E-state index contributed by atoms with van der Waals surface area (Å²) in [4.78, 5) is 50.9. The maximum atomic E-state index is 12.9. The first-order valence-electron chi connectivity index (χ1n) is 10.2. The molecule has 0 radical (unpaired) electrons. The van der Waals surface area contributed by atoms with E-state index in [9.17, 15) is 19.2 Å². The van der Waals surface area contributed by atoms with Crippen molar-refractivity contribution in [3.63, 3.8) is 0 Å². The van der Waals surface area contributed by atoms with Gasteiger partial charge in [-0.1, -0.05) is 18.2 Å². The minimum absolute atomic E-state index is 0.0799. The van der Waals surface area contributed by atoms with Crippen LogP contribution in [-0.2, 0) is 9.59 Å². The Morgan fingerprint density at radius 3 is 2.10 bits per heavy atom. The van der Waals surface area contributed by atoms with Gasteiger partial charge in [-0.2, -0.15) is 0 Å². The van der Waals surface area contributed by atoms with Gasteiger partial charge in [0, 0.05) is 11.3 Å². The number of anilines is 2. The first-order chi connectivity index (χ1) is 14.8. The van der Waals surface area contributed by atoms with Crippen molar-refractivity contribution < 1.29 is 24.3 Å². The molecule has 1 aliphatic heterocycles. The molecular formula is C24H20N2O5. The van der Waals surface area contributed by atoms with Gasteiger partial charge in [-0.25, -0.2) is 4.79 Å². The number of imide groups is 1. The van der Waals surface area contributed by atoms with Crippen LogP contribution < -0.4 is 10.2 Å². The maximum absolute atomic E-state index is 12.9. The lowest BCUT2D eigenvalue weighted by atomic mass is 9.85.